The minimum Gasteiger partial charge on any atom is -0.494 e. The van der Waals surface area contributed by atoms with Crippen LogP contribution in [0.25, 0.3) is 11.3 Å². The molecule has 0 aliphatic rings. The van der Waals surface area contributed by atoms with E-state index in [1.54, 1.807) is 66.7 Å². The van der Waals surface area contributed by atoms with E-state index >= 15 is 0 Å². The third kappa shape index (κ3) is 8.16. The number of anilines is 1. The number of carbonyl (C=O) groups excluding carboxylic acids is 1. The molecule has 4 rings (SSSR count). The summed E-state index contributed by atoms with van der Waals surface area (Å²) in [6.07, 6.45) is -4.80. The normalized spacial score (nSPS) is 11.0. The first-order valence-corrected chi connectivity index (χ1v) is 13.7. The monoisotopic (exact) mass is 597 g/mol. The van der Waals surface area contributed by atoms with Crippen LogP contribution < -0.4 is 14.8 Å². The lowest BCUT2D eigenvalue weighted by atomic mass is 10.1. The van der Waals surface area contributed by atoms with Crippen LogP contribution in [0.2, 0.25) is 5.02 Å². The lowest BCUT2D eigenvalue weighted by molar-refractivity contribution is -0.138. The molecule has 0 atom stereocenters. The molecule has 0 spiro atoms. The van der Waals surface area contributed by atoms with Crippen molar-refractivity contribution in [2.75, 3.05) is 17.7 Å². The molecule has 11 heteroatoms. The smallest absolute Gasteiger partial charge is 0.417 e. The molecule has 6 nitrogen and oxygen atoms in total. The largest absolute Gasteiger partial charge is 0.494 e. The highest BCUT2D eigenvalue weighted by Crippen LogP contribution is 2.38. The summed E-state index contributed by atoms with van der Waals surface area (Å²) in [6.45, 7) is 2.63. The Hall–Kier alpha value is -4.20. The van der Waals surface area contributed by atoms with Gasteiger partial charge in [-0.25, -0.2) is 4.98 Å². The van der Waals surface area contributed by atoms with Gasteiger partial charge in [0.05, 0.1) is 29.2 Å². The summed E-state index contributed by atoms with van der Waals surface area (Å²) in [5, 5.41) is 12.6. The summed E-state index contributed by atoms with van der Waals surface area (Å²) in [5.41, 5.74) is 0.0333. The van der Waals surface area contributed by atoms with E-state index in [0.29, 0.717) is 34.4 Å². The molecule has 41 heavy (non-hydrogen) atoms. The highest BCUT2D eigenvalue weighted by molar-refractivity contribution is 8.00. The van der Waals surface area contributed by atoms with Crippen molar-refractivity contribution in [3.8, 4) is 28.8 Å². The van der Waals surface area contributed by atoms with Gasteiger partial charge in [0.15, 0.2) is 0 Å². The Kier molecular flexibility index (Phi) is 9.76. The molecular weight excluding hydrogens is 575 g/mol. The first-order chi connectivity index (χ1) is 19.7. The molecule has 210 valence electrons. The average molecular weight is 598 g/mol. The first kappa shape index (κ1) is 29.8. The molecule has 0 saturated carbocycles. The second kappa shape index (κ2) is 13.4. The van der Waals surface area contributed by atoms with Gasteiger partial charge in [0, 0.05) is 16.3 Å². The van der Waals surface area contributed by atoms with Gasteiger partial charge < -0.3 is 14.8 Å². The van der Waals surface area contributed by atoms with Crippen molar-refractivity contribution in [1.29, 1.82) is 5.26 Å². The number of amides is 1. The van der Waals surface area contributed by atoms with E-state index < -0.39 is 23.2 Å². The zero-order chi connectivity index (χ0) is 29.4. The average Bonchev–Trinajstić information content (AvgIpc) is 2.96. The molecule has 0 fully saturated rings. The van der Waals surface area contributed by atoms with Crippen LogP contribution in [0.3, 0.4) is 0 Å². The van der Waals surface area contributed by atoms with E-state index in [0.717, 1.165) is 23.4 Å². The van der Waals surface area contributed by atoms with Gasteiger partial charge in [-0.1, -0.05) is 35.5 Å². The van der Waals surface area contributed by atoms with Crippen LogP contribution in [0.5, 0.6) is 11.5 Å². The molecule has 4 aromatic rings. The lowest BCUT2D eigenvalue weighted by Crippen LogP contribution is -2.15. The number of hydrogen-bond acceptors (Lipinski definition) is 6. The quantitative estimate of drug-likeness (QED) is 0.186. The number of halogens is 4. The van der Waals surface area contributed by atoms with E-state index in [9.17, 15) is 23.2 Å². The van der Waals surface area contributed by atoms with Crippen molar-refractivity contribution in [3.63, 3.8) is 0 Å². The van der Waals surface area contributed by atoms with Crippen LogP contribution >= 0.6 is 23.4 Å². The summed E-state index contributed by atoms with van der Waals surface area (Å²) < 4.78 is 52.9. The summed E-state index contributed by atoms with van der Waals surface area (Å²) in [5.74, 6) is 0.424. The van der Waals surface area contributed by atoms with Gasteiger partial charge in [-0.15, -0.1) is 0 Å². The van der Waals surface area contributed by atoms with Crippen LogP contribution in [0.15, 0.2) is 83.9 Å². The Labute approximate surface area is 244 Å². The number of nitriles is 1. The number of nitrogens with zero attached hydrogens (tertiary/aromatic N) is 2. The lowest BCUT2D eigenvalue weighted by Gasteiger charge is -2.15. The fourth-order valence-corrected chi connectivity index (χ4v) is 4.64. The van der Waals surface area contributed by atoms with Crippen molar-refractivity contribution >= 4 is 35.0 Å². The van der Waals surface area contributed by atoms with E-state index in [2.05, 4.69) is 10.3 Å². The fourth-order valence-electron chi connectivity index (χ4n) is 3.71. The van der Waals surface area contributed by atoms with Gasteiger partial charge >= 0.3 is 6.18 Å². The van der Waals surface area contributed by atoms with Crippen molar-refractivity contribution < 1.29 is 27.4 Å². The highest BCUT2D eigenvalue weighted by atomic mass is 35.5. The maximum absolute atomic E-state index is 13.9. The van der Waals surface area contributed by atoms with Crippen LogP contribution in [0.4, 0.5) is 18.9 Å². The standard InChI is InChI=1S/C30H23ClF3N3O3S/c1-2-39-23-13-9-22(10-14-23)36-28(38)18-41-29-25(16-35)26(30(32,33)34)15-27(37-29)20-5-11-24(12-6-20)40-17-19-3-7-21(31)8-4-19/h3-15H,2,17-18H2,1H3,(H,36,38). The zero-order valence-electron chi connectivity index (χ0n) is 21.7. The van der Waals surface area contributed by atoms with Crippen LogP contribution in [-0.2, 0) is 17.6 Å². The molecule has 0 bridgehead atoms. The van der Waals surface area contributed by atoms with E-state index in [1.807, 2.05) is 19.1 Å². The SMILES string of the molecule is CCOc1ccc(NC(=O)CSc2nc(-c3ccc(OCc4ccc(Cl)cc4)cc3)cc(C(F)(F)F)c2C#N)cc1. The molecule has 1 amide bonds. The predicted octanol–water partition coefficient (Wildman–Crippen LogP) is 8.00. The third-order valence-electron chi connectivity index (χ3n) is 5.66. The minimum absolute atomic E-state index is 0.00926. The summed E-state index contributed by atoms with van der Waals surface area (Å²) in [4.78, 5) is 16.9. The molecule has 3 aromatic carbocycles. The maximum atomic E-state index is 13.9. The number of carbonyl (C=O) groups is 1. The Morgan fingerprint density at radius 3 is 2.24 bits per heavy atom. The molecular formula is C30H23ClF3N3O3S. The van der Waals surface area contributed by atoms with E-state index in [4.69, 9.17) is 21.1 Å². The number of pyridine rings is 1. The van der Waals surface area contributed by atoms with Gasteiger partial charge in [-0.2, -0.15) is 18.4 Å². The van der Waals surface area contributed by atoms with E-state index in [1.165, 1.54) is 0 Å². The number of aromatic nitrogens is 1. The van der Waals surface area contributed by atoms with Crippen molar-refractivity contribution in [3.05, 3.63) is 101 Å². The Bertz CT molecular complexity index is 1540. The van der Waals surface area contributed by atoms with Gasteiger partial charge in [0.1, 0.15) is 29.2 Å². The molecule has 0 unspecified atom stereocenters. The number of rotatable bonds is 10. The van der Waals surface area contributed by atoms with E-state index in [-0.39, 0.29) is 23.1 Å². The van der Waals surface area contributed by atoms with Gasteiger partial charge in [0.2, 0.25) is 5.91 Å². The predicted molar refractivity (Wildman–Crippen MR) is 152 cm³/mol. The Morgan fingerprint density at radius 2 is 1.63 bits per heavy atom. The van der Waals surface area contributed by atoms with Gasteiger partial charge in [0.25, 0.3) is 0 Å². The Balaban J connectivity index is 1.51. The molecule has 0 saturated heterocycles. The molecule has 0 aliphatic carbocycles. The van der Waals surface area contributed by atoms with Crippen LogP contribution in [0, 0.1) is 11.3 Å². The fraction of sp³-hybridized carbons (Fsp3) is 0.167. The molecule has 1 aromatic heterocycles. The van der Waals surface area contributed by atoms with Crippen LogP contribution in [0.1, 0.15) is 23.6 Å². The van der Waals surface area contributed by atoms with Crippen molar-refractivity contribution in [2.24, 2.45) is 0 Å². The number of hydrogen-bond donors (Lipinski definition) is 1. The molecule has 0 radical (unpaired) electrons. The summed E-state index contributed by atoms with van der Waals surface area (Å²) in [7, 11) is 0. The van der Waals surface area contributed by atoms with Crippen LogP contribution in [-0.4, -0.2) is 23.3 Å². The third-order valence-corrected chi connectivity index (χ3v) is 6.89. The minimum atomic E-state index is -4.80. The first-order valence-electron chi connectivity index (χ1n) is 12.3. The number of ether oxygens (including phenoxy) is 2. The van der Waals surface area contributed by atoms with Crippen molar-refractivity contribution in [1.82, 2.24) is 4.98 Å². The summed E-state index contributed by atoms with van der Waals surface area (Å²) >= 11 is 6.65. The number of alkyl halides is 3. The van der Waals surface area contributed by atoms with Crippen molar-refractivity contribution in [2.45, 2.75) is 24.7 Å². The summed E-state index contributed by atoms with van der Waals surface area (Å²) in [6, 6.07) is 22.7. The van der Waals surface area contributed by atoms with Gasteiger partial charge in [-0.3, -0.25) is 4.79 Å². The van der Waals surface area contributed by atoms with Gasteiger partial charge in [-0.05, 0) is 79.2 Å². The second-order valence-electron chi connectivity index (χ2n) is 8.58. The molecule has 1 heterocycles. The molecule has 0 aliphatic heterocycles. The second-order valence-corrected chi connectivity index (χ2v) is 9.98. The number of benzene rings is 3. The Morgan fingerprint density at radius 1 is 1.00 bits per heavy atom. The highest BCUT2D eigenvalue weighted by Gasteiger charge is 2.36. The maximum Gasteiger partial charge on any atom is 0.417 e. The zero-order valence-corrected chi connectivity index (χ0v) is 23.2. The number of thioether (sulfide) groups is 1. The number of nitrogens with one attached hydrogen (secondary N) is 1. The molecule has 1 N–H and O–H groups in total. The topological polar surface area (TPSA) is 84.2 Å².